The van der Waals surface area contributed by atoms with Gasteiger partial charge in [-0.05, 0) is 42.9 Å². The summed E-state index contributed by atoms with van der Waals surface area (Å²) in [6.07, 6.45) is 6.41. The van der Waals surface area contributed by atoms with Crippen LogP contribution in [0.1, 0.15) is 39.5 Å². The quantitative estimate of drug-likeness (QED) is 0.648. The lowest BCUT2D eigenvalue weighted by atomic mass is 9.64. The zero-order chi connectivity index (χ0) is 9.69. The van der Waals surface area contributed by atoms with Crippen molar-refractivity contribution < 1.29 is 5.11 Å². The van der Waals surface area contributed by atoms with Crippen LogP contribution in [0.15, 0.2) is 12.7 Å². The molecule has 0 saturated heterocycles. The third kappa shape index (κ3) is 0.969. The highest BCUT2D eigenvalue weighted by Crippen LogP contribution is 2.62. The van der Waals surface area contributed by atoms with E-state index in [4.69, 9.17) is 0 Å². The Morgan fingerprint density at radius 2 is 2.00 bits per heavy atom. The average Bonchev–Trinajstić information content (AvgIpc) is 2.56. The number of hydrogen-bond acceptors (Lipinski definition) is 1. The molecule has 74 valence electrons. The molecule has 0 aliphatic heterocycles. The Kier molecular flexibility index (Phi) is 1.85. The molecule has 2 rings (SSSR count). The Morgan fingerprint density at radius 3 is 2.46 bits per heavy atom. The minimum Gasteiger partial charge on any atom is -0.389 e. The fourth-order valence-electron chi connectivity index (χ4n) is 3.60. The van der Waals surface area contributed by atoms with Gasteiger partial charge in [-0.2, -0.15) is 0 Å². The van der Waals surface area contributed by atoms with Gasteiger partial charge in [0, 0.05) is 0 Å². The van der Waals surface area contributed by atoms with Crippen LogP contribution in [0.4, 0.5) is 0 Å². The molecule has 0 aromatic heterocycles. The van der Waals surface area contributed by atoms with Crippen LogP contribution >= 0.6 is 0 Å². The van der Waals surface area contributed by atoms with Gasteiger partial charge in [-0.3, -0.25) is 0 Å². The molecule has 2 aliphatic rings. The van der Waals surface area contributed by atoms with Gasteiger partial charge in [-0.25, -0.2) is 0 Å². The fourth-order valence-corrected chi connectivity index (χ4v) is 3.60. The number of aliphatic hydroxyl groups is 1. The average molecular weight is 180 g/mol. The van der Waals surface area contributed by atoms with Gasteiger partial charge in [-0.15, -0.1) is 6.58 Å². The van der Waals surface area contributed by atoms with Gasteiger partial charge < -0.3 is 5.11 Å². The highest BCUT2D eigenvalue weighted by atomic mass is 16.3. The summed E-state index contributed by atoms with van der Waals surface area (Å²) in [7, 11) is 0. The lowest BCUT2D eigenvalue weighted by Gasteiger charge is -2.45. The van der Waals surface area contributed by atoms with Crippen molar-refractivity contribution in [3.05, 3.63) is 12.7 Å². The van der Waals surface area contributed by atoms with E-state index in [1.807, 2.05) is 6.08 Å². The molecule has 0 spiro atoms. The van der Waals surface area contributed by atoms with E-state index >= 15 is 0 Å². The molecule has 0 radical (unpaired) electrons. The molecule has 2 aliphatic carbocycles. The van der Waals surface area contributed by atoms with Crippen molar-refractivity contribution in [2.75, 3.05) is 0 Å². The topological polar surface area (TPSA) is 20.2 Å². The first kappa shape index (κ1) is 9.26. The van der Waals surface area contributed by atoms with Gasteiger partial charge in [0.05, 0.1) is 5.60 Å². The maximum absolute atomic E-state index is 10.6. The highest BCUT2D eigenvalue weighted by molar-refractivity contribution is 5.13. The van der Waals surface area contributed by atoms with Gasteiger partial charge in [0.15, 0.2) is 0 Å². The molecule has 1 N–H and O–H groups in total. The standard InChI is InChI=1S/C12H20O/c1-4-7-12(13)10-6-5-9(8-10)11(12,2)3/h4,9-10,13H,1,5-8H2,2-3H3/t9-,10+,12+/m0/s1. The van der Waals surface area contributed by atoms with Crippen LogP contribution in [0.3, 0.4) is 0 Å². The first-order valence-electron chi connectivity index (χ1n) is 5.35. The summed E-state index contributed by atoms with van der Waals surface area (Å²) < 4.78 is 0. The zero-order valence-corrected chi connectivity index (χ0v) is 8.71. The smallest absolute Gasteiger partial charge is 0.0763 e. The summed E-state index contributed by atoms with van der Waals surface area (Å²) in [6.45, 7) is 8.20. The molecule has 2 fully saturated rings. The van der Waals surface area contributed by atoms with Gasteiger partial charge in [0.25, 0.3) is 0 Å². The third-order valence-corrected chi connectivity index (χ3v) is 4.70. The van der Waals surface area contributed by atoms with Crippen molar-refractivity contribution in [2.45, 2.75) is 45.1 Å². The Hall–Kier alpha value is -0.300. The highest BCUT2D eigenvalue weighted by Gasteiger charge is 2.61. The van der Waals surface area contributed by atoms with Gasteiger partial charge in [-0.1, -0.05) is 19.9 Å². The third-order valence-electron chi connectivity index (χ3n) is 4.70. The first-order valence-corrected chi connectivity index (χ1v) is 5.35. The lowest BCUT2D eigenvalue weighted by molar-refractivity contribution is -0.103. The van der Waals surface area contributed by atoms with Crippen LogP contribution in [0.25, 0.3) is 0 Å². The molecule has 13 heavy (non-hydrogen) atoms. The van der Waals surface area contributed by atoms with Crippen molar-refractivity contribution in [1.82, 2.24) is 0 Å². The van der Waals surface area contributed by atoms with Gasteiger partial charge in [0.2, 0.25) is 0 Å². The van der Waals surface area contributed by atoms with Gasteiger partial charge in [0.1, 0.15) is 0 Å². The second-order valence-electron chi connectivity index (χ2n) is 5.35. The van der Waals surface area contributed by atoms with E-state index in [9.17, 15) is 5.11 Å². The minimum atomic E-state index is -0.461. The van der Waals surface area contributed by atoms with Crippen LogP contribution < -0.4 is 0 Å². The molecule has 0 aromatic rings. The molecule has 0 amide bonds. The Morgan fingerprint density at radius 1 is 1.38 bits per heavy atom. The maximum Gasteiger partial charge on any atom is 0.0763 e. The monoisotopic (exact) mass is 180 g/mol. The van der Waals surface area contributed by atoms with Crippen LogP contribution in [0.2, 0.25) is 0 Å². The SMILES string of the molecule is C=CC[C@@]1(O)[C@@H]2CC[C@@H](C2)C1(C)C. The van der Waals surface area contributed by atoms with Gasteiger partial charge >= 0.3 is 0 Å². The van der Waals surface area contributed by atoms with Crippen molar-refractivity contribution in [2.24, 2.45) is 17.3 Å². The number of rotatable bonds is 2. The first-order chi connectivity index (χ1) is 6.02. The van der Waals surface area contributed by atoms with Crippen LogP contribution in [0, 0.1) is 17.3 Å². The molecule has 0 aromatic carbocycles. The normalized spacial score (nSPS) is 46.7. The van der Waals surface area contributed by atoms with E-state index in [-0.39, 0.29) is 5.41 Å². The van der Waals surface area contributed by atoms with Crippen molar-refractivity contribution >= 4 is 0 Å². The second kappa shape index (κ2) is 2.60. The van der Waals surface area contributed by atoms with Crippen molar-refractivity contribution in [1.29, 1.82) is 0 Å². The molecule has 1 heteroatoms. The lowest BCUT2D eigenvalue weighted by Crippen LogP contribution is -2.48. The molecule has 1 nitrogen and oxygen atoms in total. The van der Waals surface area contributed by atoms with Crippen LogP contribution in [-0.4, -0.2) is 10.7 Å². The van der Waals surface area contributed by atoms with Crippen LogP contribution in [0.5, 0.6) is 0 Å². The summed E-state index contributed by atoms with van der Waals surface area (Å²) in [5, 5.41) is 10.6. The van der Waals surface area contributed by atoms with Crippen LogP contribution in [-0.2, 0) is 0 Å². The Labute approximate surface area is 80.8 Å². The molecule has 0 unspecified atom stereocenters. The van der Waals surface area contributed by atoms with E-state index in [0.717, 1.165) is 12.3 Å². The van der Waals surface area contributed by atoms with E-state index in [2.05, 4.69) is 20.4 Å². The molecular formula is C12H20O. The van der Waals surface area contributed by atoms with E-state index in [1.165, 1.54) is 19.3 Å². The summed E-state index contributed by atoms with van der Waals surface area (Å²) in [6, 6.07) is 0. The molecular weight excluding hydrogens is 160 g/mol. The molecule has 2 bridgehead atoms. The van der Waals surface area contributed by atoms with E-state index in [1.54, 1.807) is 0 Å². The number of fused-ring (bicyclic) bond motifs is 2. The maximum atomic E-state index is 10.6. The van der Waals surface area contributed by atoms with E-state index < -0.39 is 5.60 Å². The molecule has 3 atom stereocenters. The van der Waals surface area contributed by atoms with Crippen molar-refractivity contribution in [3.63, 3.8) is 0 Å². The Balaban J connectivity index is 2.32. The number of hydrogen-bond donors (Lipinski definition) is 1. The summed E-state index contributed by atoms with van der Waals surface area (Å²) in [5.74, 6) is 1.27. The summed E-state index contributed by atoms with van der Waals surface area (Å²) in [5.41, 5.74) is -0.359. The molecule has 0 heterocycles. The van der Waals surface area contributed by atoms with E-state index in [0.29, 0.717) is 5.92 Å². The predicted octanol–water partition coefficient (Wildman–Crippen LogP) is 2.75. The summed E-state index contributed by atoms with van der Waals surface area (Å²) >= 11 is 0. The van der Waals surface area contributed by atoms with Crippen molar-refractivity contribution in [3.8, 4) is 0 Å². The zero-order valence-electron chi connectivity index (χ0n) is 8.71. The second-order valence-corrected chi connectivity index (χ2v) is 5.35. The minimum absolute atomic E-state index is 0.101. The predicted molar refractivity (Wildman–Crippen MR) is 54.4 cm³/mol. The summed E-state index contributed by atoms with van der Waals surface area (Å²) in [4.78, 5) is 0. The fraction of sp³-hybridized carbons (Fsp3) is 0.833. The largest absolute Gasteiger partial charge is 0.389 e. The molecule has 2 saturated carbocycles. The Bertz CT molecular complexity index is 231.